The van der Waals surface area contributed by atoms with Gasteiger partial charge in [0.1, 0.15) is 0 Å². The first kappa shape index (κ1) is 18.4. The zero-order chi connectivity index (χ0) is 18.6. The third-order valence-electron chi connectivity index (χ3n) is 3.35. The van der Waals surface area contributed by atoms with E-state index in [4.69, 9.17) is 0 Å². The smallest absolute Gasteiger partial charge is 0.344 e. The molecule has 1 aromatic heterocycles. The highest BCUT2D eigenvalue weighted by molar-refractivity contribution is 6.34. The van der Waals surface area contributed by atoms with Gasteiger partial charge in [-0.1, -0.05) is 29.4 Å². The molecule has 2 amide bonds. The summed E-state index contributed by atoms with van der Waals surface area (Å²) in [5.74, 6) is -2.99. The minimum atomic E-state index is -4.70. The van der Waals surface area contributed by atoms with E-state index in [2.05, 4.69) is 20.0 Å². The molecule has 1 N–H and O–H groups in total. The molecular weight excluding hydrogens is 341 g/mol. The zero-order valence-corrected chi connectivity index (χ0v) is 13.4. The number of carbonyl (C=O) groups is 2. The topological polar surface area (TPSA) is 88.3 Å². The highest BCUT2D eigenvalue weighted by atomic mass is 19.4. The van der Waals surface area contributed by atoms with Crippen LogP contribution in [0.4, 0.5) is 13.2 Å². The zero-order valence-electron chi connectivity index (χ0n) is 13.4. The van der Waals surface area contributed by atoms with Crippen molar-refractivity contribution in [2.45, 2.75) is 19.6 Å². The predicted molar refractivity (Wildman–Crippen MR) is 79.9 cm³/mol. The molecule has 10 heteroatoms. The molecular formula is C15H15F3N4O3. The lowest BCUT2D eigenvalue weighted by atomic mass is 10.1. The maximum Gasteiger partial charge on any atom is 0.471 e. The van der Waals surface area contributed by atoms with E-state index in [1.54, 1.807) is 19.1 Å². The van der Waals surface area contributed by atoms with Crippen molar-refractivity contribution in [1.82, 2.24) is 20.4 Å². The van der Waals surface area contributed by atoms with Crippen molar-refractivity contribution < 1.29 is 27.3 Å². The Morgan fingerprint density at radius 2 is 1.88 bits per heavy atom. The SMILES string of the molecule is CCN(C)C(=O)C(=O)NCc1ccc(-c2noc(C(F)(F)F)n2)cc1. The van der Waals surface area contributed by atoms with Crippen molar-refractivity contribution >= 4 is 11.8 Å². The highest BCUT2D eigenvalue weighted by Gasteiger charge is 2.38. The second kappa shape index (κ2) is 7.32. The first-order valence-electron chi connectivity index (χ1n) is 7.26. The van der Waals surface area contributed by atoms with Crippen LogP contribution >= 0.6 is 0 Å². The first-order valence-corrected chi connectivity index (χ1v) is 7.26. The van der Waals surface area contributed by atoms with E-state index in [1.165, 1.54) is 24.1 Å². The van der Waals surface area contributed by atoms with E-state index >= 15 is 0 Å². The average Bonchev–Trinajstić information content (AvgIpc) is 3.09. The van der Waals surface area contributed by atoms with Crippen LogP contribution in [-0.4, -0.2) is 40.4 Å². The molecule has 0 bridgehead atoms. The van der Waals surface area contributed by atoms with Crippen LogP contribution in [0.3, 0.4) is 0 Å². The predicted octanol–water partition coefficient (Wildman–Crippen LogP) is 1.85. The fraction of sp³-hybridized carbons (Fsp3) is 0.333. The number of hydrogen-bond donors (Lipinski definition) is 1. The van der Waals surface area contributed by atoms with E-state index < -0.39 is 23.9 Å². The normalized spacial score (nSPS) is 11.2. The Balaban J connectivity index is 1.99. The first-order chi connectivity index (χ1) is 11.7. The van der Waals surface area contributed by atoms with E-state index in [9.17, 15) is 22.8 Å². The number of nitrogens with zero attached hydrogens (tertiary/aromatic N) is 3. The Morgan fingerprint density at radius 1 is 1.24 bits per heavy atom. The van der Waals surface area contributed by atoms with Gasteiger partial charge in [0.25, 0.3) is 0 Å². The third-order valence-corrected chi connectivity index (χ3v) is 3.35. The number of carbonyl (C=O) groups excluding carboxylic acids is 2. The summed E-state index contributed by atoms with van der Waals surface area (Å²) in [6.07, 6.45) is -4.70. The maximum absolute atomic E-state index is 12.4. The molecule has 0 fully saturated rings. The van der Waals surface area contributed by atoms with Crippen molar-refractivity contribution in [2.24, 2.45) is 0 Å². The third kappa shape index (κ3) is 4.55. The minimum absolute atomic E-state index is 0.0997. The van der Waals surface area contributed by atoms with Crippen LogP contribution in [0, 0.1) is 0 Å². The van der Waals surface area contributed by atoms with Gasteiger partial charge in [0.05, 0.1) is 0 Å². The van der Waals surface area contributed by atoms with Gasteiger partial charge < -0.3 is 14.7 Å². The van der Waals surface area contributed by atoms with Crippen LogP contribution in [0.15, 0.2) is 28.8 Å². The lowest BCUT2D eigenvalue weighted by Crippen LogP contribution is -2.40. The summed E-state index contributed by atoms with van der Waals surface area (Å²) in [7, 11) is 1.51. The van der Waals surface area contributed by atoms with Crippen LogP contribution in [-0.2, 0) is 22.3 Å². The molecule has 0 saturated carbocycles. The molecule has 0 spiro atoms. The number of alkyl halides is 3. The summed E-state index contributed by atoms with van der Waals surface area (Å²) in [6.45, 7) is 2.25. The highest BCUT2D eigenvalue weighted by Crippen LogP contribution is 2.29. The standard InChI is InChI=1S/C15H15F3N4O3/c1-3-22(2)13(24)12(23)19-8-9-4-6-10(7-5-9)11-20-14(25-21-11)15(16,17)18/h4-7H,3,8H2,1-2H3,(H,19,23). The van der Waals surface area contributed by atoms with E-state index in [1.807, 2.05) is 0 Å². The van der Waals surface area contributed by atoms with Crippen molar-refractivity contribution in [1.29, 1.82) is 0 Å². The molecule has 25 heavy (non-hydrogen) atoms. The molecule has 0 saturated heterocycles. The van der Waals surface area contributed by atoms with Crippen molar-refractivity contribution in [3.63, 3.8) is 0 Å². The van der Waals surface area contributed by atoms with Gasteiger partial charge in [-0.15, -0.1) is 0 Å². The molecule has 0 unspecified atom stereocenters. The minimum Gasteiger partial charge on any atom is -0.344 e. The van der Waals surface area contributed by atoms with Gasteiger partial charge in [-0.2, -0.15) is 18.2 Å². The van der Waals surface area contributed by atoms with Gasteiger partial charge in [-0.3, -0.25) is 9.59 Å². The number of rotatable bonds is 4. The summed E-state index contributed by atoms with van der Waals surface area (Å²) in [4.78, 5) is 27.8. The lowest BCUT2D eigenvalue weighted by molar-refractivity contribution is -0.159. The summed E-state index contributed by atoms with van der Waals surface area (Å²) >= 11 is 0. The van der Waals surface area contributed by atoms with Gasteiger partial charge in [0.15, 0.2) is 0 Å². The van der Waals surface area contributed by atoms with E-state index in [0.717, 1.165) is 0 Å². The molecule has 0 aliphatic heterocycles. The number of likely N-dealkylation sites (N-methyl/N-ethyl adjacent to an activating group) is 1. The number of nitrogens with one attached hydrogen (secondary N) is 1. The number of hydrogen-bond acceptors (Lipinski definition) is 5. The number of benzene rings is 1. The van der Waals surface area contributed by atoms with Crippen LogP contribution in [0.5, 0.6) is 0 Å². The Kier molecular flexibility index (Phi) is 5.40. The van der Waals surface area contributed by atoms with Gasteiger partial charge in [0, 0.05) is 25.7 Å². The molecule has 2 aromatic rings. The Hall–Kier alpha value is -2.91. The van der Waals surface area contributed by atoms with Gasteiger partial charge in [-0.25, -0.2) is 0 Å². The van der Waals surface area contributed by atoms with Crippen LogP contribution in [0.1, 0.15) is 18.4 Å². The number of amides is 2. The molecule has 0 radical (unpaired) electrons. The van der Waals surface area contributed by atoms with Crippen LogP contribution in [0.25, 0.3) is 11.4 Å². The molecule has 0 aliphatic rings. The summed E-state index contributed by atoms with van der Waals surface area (Å²) in [5, 5.41) is 5.75. The van der Waals surface area contributed by atoms with E-state index in [-0.39, 0.29) is 12.4 Å². The van der Waals surface area contributed by atoms with E-state index in [0.29, 0.717) is 17.7 Å². The molecule has 1 heterocycles. The lowest BCUT2D eigenvalue weighted by Gasteiger charge is -2.13. The molecule has 1 aromatic carbocycles. The summed E-state index contributed by atoms with van der Waals surface area (Å²) < 4.78 is 41.5. The molecule has 0 aliphatic carbocycles. The molecule has 7 nitrogen and oxygen atoms in total. The Labute approximate surface area is 140 Å². The quantitative estimate of drug-likeness (QED) is 0.845. The van der Waals surface area contributed by atoms with Crippen molar-refractivity contribution in [3.05, 3.63) is 35.7 Å². The van der Waals surface area contributed by atoms with Gasteiger partial charge >= 0.3 is 23.9 Å². The Bertz CT molecular complexity index is 756. The second-order valence-corrected chi connectivity index (χ2v) is 5.12. The number of halogens is 3. The summed E-state index contributed by atoms with van der Waals surface area (Å²) in [5.41, 5.74) is 0.986. The van der Waals surface area contributed by atoms with Crippen LogP contribution in [0.2, 0.25) is 0 Å². The fourth-order valence-electron chi connectivity index (χ4n) is 1.80. The number of aromatic nitrogens is 2. The monoisotopic (exact) mass is 356 g/mol. The maximum atomic E-state index is 12.4. The summed E-state index contributed by atoms with van der Waals surface area (Å²) in [6, 6.07) is 6.14. The molecule has 0 atom stereocenters. The molecule has 134 valence electrons. The van der Waals surface area contributed by atoms with Gasteiger partial charge in [-0.05, 0) is 12.5 Å². The van der Waals surface area contributed by atoms with Crippen molar-refractivity contribution in [3.8, 4) is 11.4 Å². The average molecular weight is 356 g/mol. The van der Waals surface area contributed by atoms with Gasteiger partial charge in [0.2, 0.25) is 5.82 Å². The Morgan fingerprint density at radius 3 is 2.40 bits per heavy atom. The van der Waals surface area contributed by atoms with Crippen LogP contribution < -0.4 is 5.32 Å². The van der Waals surface area contributed by atoms with Crippen molar-refractivity contribution in [2.75, 3.05) is 13.6 Å². The fourth-order valence-corrected chi connectivity index (χ4v) is 1.80. The second-order valence-electron chi connectivity index (χ2n) is 5.12. The molecule has 2 rings (SSSR count). The largest absolute Gasteiger partial charge is 0.471 e.